The van der Waals surface area contributed by atoms with Crippen LogP contribution in [0.4, 0.5) is 0 Å². The van der Waals surface area contributed by atoms with E-state index in [9.17, 15) is 13.5 Å². The van der Waals surface area contributed by atoms with Gasteiger partial charge in [0.1, 0.15) is 4.90 Å². The average Bonchev–Trinajstić information content (AvgIpc) is 2.67. The van der Waals surface area contributed by atoms with Crippen LogP contribution in [-0.2, 0) is 10.0 Å². The number of aromatic nitrogens is 2. The molecular weight excluding hydrogens is 254 g/mol. The summed E-state index contributed by atoms with van der Waals surface area (Å²) in [5.74, 6) is 0. The summed E-state index contributed by atoms with van der Waals surface area (Å²) >= 11 is 0. The summed E-state index contributed by atoms with van der Waals surface area (Å²) in [5, 5.41) is 16.6. The third-order valence-electron chi connectivity index (χ3n) is 3.24. The van der Waals surface area contributed by atoms with Crippen molar-refractivity contribution >= 4 is 10.0 Å². The molecule has 3 N–H and O–H groups in total. The van der Waals surface area contributed by atoms with Crippen molar-refractivity contribution in [1.82, 2.24) is 14.9 Å². The molecular formula is C11H21N3O3S. The van der Waals surface area contributed by atoms with E-state index in [4.69, 9.17) is 0 Å². The summed E-state index contributed by atoms with van der Waals surface area (Å²) in [4.78, 5) is 0.164. The summed E-state index contributed by atoms with van der Waals surface area (Å²) in [6, 6.07) is 0. The number of hydrogen-bond donors (Lipinski definition) is 3. The van der Waals surface area contributed by atoms with E-state index >= 15 is 0 Å². The lowest BCUT2D eigenvalue weighted by molar-refractivity contribution is 0.0377. The van der Waals surface area contributed by atoms with E-state index in [2.05, 4.69) is 14.9 Å². The minimum atomic E-state index is -3.64. The minimum absolute atomic E-state index is 0.00634. The first-order valence-electron chi connectivity index (χ1n) is 5.99. The second kappa shape index (κ2) is 5.38. The number of nitrogens with one attached hydrogen (secondary N) is 2. The lowest BCUT2D eigenvalue weighted by Gasteiger charge is -2.25. The molecule has 0 aliphatic rings. The standard InChI is InChI=1S/C11H21N3O3S/c1-5-11(15,6-2)7-12-18(16,17)10-8(3)13-14-9(10)4/h12,15H,5-7H2,1-4H3,(H,13,14). The van der Waals surface area contributed by atoms with E-state index in [1.54, 1.807) is 13.8 Å². The van der Waals surface area contributed by atoms with Crippen molar-refractivity contribution in [3.63, 3.8) is 0 Å². The highest BCUT2D eigenvalue weighted by atomic mass is 32.2. The molecule has 1 rings (SSSR count). The first kappa shape index (κ1) is 15.1. The summed E-state index contributed by atoms with van der Waals surface area (Å²) in [6.45, 7) is 6.94. The fourth-order valence-corrected chi connectivity index (χ4v) is 3.22. The molecule has 0 bridgehead atoms. The van der Waals surface area contributed by atoms with Gasteiger partial charge in [-0.25, -0.2) is 13.1 Å². The molecule has 6 nitrogen and oxygen atoms in total. The molecule has 18 heavy (non-hydrogen) atoms. The van der Waals surface area contributed by atoms with Crippen molar-refractivity contribution in [3.8, 4) is 0 Å². The van der Waals surface area contributed by atoms with Gasteiger partial charge >= 0.3 is 0 Å². The molecule has 0 aromatic carbocycles. The zero-order valence-corrected chi connectivity index (χ0v) is 12.1. The minimum Gasteiger partial charge on any atom is -0.389 e. The highest BCUT2D eigenvalue weighted by molar-refractivity contribution is 7.89. The maximum absolute atomic E-state index is 12.1. The van der Waals surface area contributed by atoms with E-state index in [1.165, 1.54) is 0 Å². The average molecular weight is 275 g/mol. The van der Waals surface area contributed by atoms with Crippen LogP contribution in [0, 0.1) is 13.8 Å². The van der Waals surface area contributed by atoms with Crippen LogP contribution in [0.15, 0.2) is 4.90 Å². The van der Waals surface area contributed by atoms with E-state index in [-0.39, 0.29) is 11.4 Å². The van der Waals surface area contributed by atoms with Gasteiger partial charge in [-0.1, -0.05) is 13.8 Å². The SMILES string of the molecule is CCC(O)(CC)CNS(=O)(=O)c1c(C)n[nH]c1C. The number of aryl methyl sites for hydroxylation is 2. The summed E-state index contributed by atoms with van der Waals surface area (Å²) < 4.78 is 26.7. The van der Waals surface area contributed by atoms with E-state index < -0.39 is 15.6 Å². The Morgan fingerprint density at radius 2 is 1.89 bits per heavy atom. The fraction of sp³-hybridized carbons (Fsp3) is 0.727. The molecule has 0 amide bonds. The Morgan fingerprint density at radius 1 is 1.33 bits per heavy atom. The molecule has 0 unspecified atom stereocenters. The van der Waals surface area contributed by atoms with Gasteiger partial charge in [0, 0.05) is 6.54 Å². The number of sulfonamides is 1. The van der Waals surface area contributed by atoms with E-state index in [0.717, 1.165) is 0 Å². The largest absolute Gasteiger partial charge is 0.389 e. The molecule has 0 aliphatic heterocycles. The molecule has 1 aromatic rings. The second-order valence-corrected chi connectivity index (χ2v) is 6.22. The molecule has 1 heterocycles. The first-order chi connectivity index (χ1) is 8.25. The summed E-state index contributed by atoms with van der Waals surface area (Å²) in [6.07, 6.45) is 0.991. The Kier molecular flexibility index (Phi) is 4.52. The number of nitrogens with zero attached hydrogens (tertiary/aromatic N) is 1. The zero-order chi connectivity index (χ0) is 14.0. The topological polar surface area (TPSA) is 95.1 Å². The van der Waals surface area contributed by atoms with Crippen molar-refractivity contribution in [2.45, 2.75) is 51.0 Å². The monoisotopic (exact) mass is 275 g/mol. The molecule has 7 heteroatoms. The number of rotatable bonds is 6. The Hall–Kier alpha value is -0.920. The molecule has 0 saturated carbocycles. The van der Waals surface area contributed by atoms with E-state index in [1.807, 2.05) is 13.8 Å². The highest BCUT2D eigenvalue weighted by Crippen LogP contribution is 2.18. The molecule has 0 atom stereocenters. The molecule has 0 aliphatic carbocycles. The van der Waals surface area contributed by atoms with Crippen LogP contribution < -0.4 is 4.72 Å². The predicted molar refractivity (Wildman–Crippen MR) is 68.8 cm³/mol. The van der Waals surface area contributed by atoms with Gasteiger partial charge < -0.3 is 5.11 Å². The van der Waals surface area contributed by atoms with Crippen molar-refractivity contribution < 1.29 is 13.5 Å². The third kappa shape index (κ3) is 3.09. The Morgan fingerprint density at radius 3 is 2.28 bits per heavy atom. The highest BCUT2D eigenvalue weighted by Gasteiger charge is 2.28. The van der Waals surface area contributed by atoms with Crippen LogP contribution in [0.5, 0.6) is 0 Å². The van der Waals surface area contributed by atoms with Gasteiger partial charge in [-0.3, -0.25) is 5.10 Å². The molecule has 104 valence electrons. The second-order valence-electron chi connectivity index (χ2n) is 4.52. The maximum atomic E-state index is 12.1. The zero-order valence-electron chi connectivity index (χ0n) is 11.2. The number of aromatic amines is 1. The molecule has 1 aromatic heterocycles. The molecule has 0 radical (unpaired) electrons. The van der Waals surface area contributed by atoms with Crippen molar-refractivity contribution in [2.75, 3.05) is 6.54 Å². The maximum Gasteiger partial charge on any atom is 0.244 e. The van der Waals surface area contributed by atoms with Crippen LogP contribution in [-0.4, -0.2) is 35.9 Å². The third-order valence-corrected chi connectivity index (χ3v) is 4.90. The molecule has 0 spiro atoms. The van der Waals surface area contributed by atoms with Gasteiger partial charge in [0.2, 0.25) is 10.0 Å². The van der Waals surface area contributed by atoms with Crippen LogP contribution >= 0.6 is 0 Å². The number of H-pyrrole nitrogens is 1. The first-order valence-corrected chi connectivity index (χ1v) is 7.47. The van der Waals surface area contributed by atoms with Gasteiger partial charge in [0.05, 0.1) is 17.0 Å². The quantitative estimate of drug-likeness (QED) is 0.717. The summed E-state index contributed by atoms with van der Waals surface area (Å²) in [5.41, 5.74) is -0.0772. The number of hydrogen-bond acceptors (Lipinski definition) is 4. The lowest BCUT2D eigenvalue weighted by atomic mass is 9.98. The van der Waals surface area contributed by atoms with Crippen LogP contribution in [0.3, 0.4) is 0 Å². The normalized spacial score (nSPS) is 12.9. The fourth-order valence-electron chi connectivity index (χ4n) is 1.74. The van der Waals surface area contributed by atoms with Crippen molar-refractivity contribution in [3.05, 3.63) is 11.4 Å². The van der Waals surface area contributed by atoms with Gasteiger partial charge in [-0.2, -0.15) is 5.10 Å². The van der Waals surface area contributed by atoms with Gasteiger partial charge in [-0.15, -0.1) is 0 Å². The van der Waals surface area contributed by atoms with Gasteiger partial charge in [0.25, 0.3) is 0 Å². The Labute approximate surface area is 108 Å². The summed E-state index contributed by atoms with van der Waals surface area (Å²) in [7, 11) is -3.64. The number of aliphatic hydroxyl groups is 1. The van der Waals surface area contributed by atoms with Crippen LogP contribution in [0.2, 0.25) is 0 Å². The van der Waals surface area contributed by atoms with Gasteiger partial charge in [-0.05, 0) is 26.7 Å². The van der Waals surface area contributed by atoms with E-state index in [0.29, 0.717) is 24.2 Å². The molecule has 0 fully saturated rings. The Balaban J connectivity index is 2.91. The van der Waals surface area contributed by atoms with Crippen LogP contribution in [0.1, 0.15) is 38.1 Å². The van der Waals surface area contributed by atoms with Gasteiger partial charge in [0.15, 0.2) is 0 Å². The van der Waals surface area contributed by atoms with Crippen molar-refractivity contribution in [1.29, 1.82) is 0 Å². The smallest absolute Gasteiger partial charge is 0.244 e. The van der Waals surface area contributed by atoms with Crippen molar-refractivity contribution in [2.24, 2.45) is 0 Å². The lowest BCUT2D eigenvalue weighted by Crippen LogP contribution is -2.42. The Bertz CT molecular complexity index is 484. The van der Waals surface area contributed by atoms with Crippen LogP contribution in [0.25, 0.3) is 0 Å². The molecule has 0 saturated heterocycles. The predicted octanol–water partition coefficient (Wildman–Crippen LogP) is 0.856.